The van der Waals surface area contributed by atoms with E-state index in [4.69, 9.17) is 17.3 Å². The van der Waals surface area contributed by atoms with Crippen LogP contribution in [-0.4, -0.2) is 38.4 Å². The Morgan fingerprint density at radius 2 is 2.12 bits per heavy atom. The largest absolute Gasteiger partial charge is 0.393 e. The zero-order valence-electron chi connectivity index (χ0n) is 8.47. The number of hydrogen-bond acceptors (Lipinski definition) is 6. The Hall–Kier alpha value is -1.11. The summed E-state index contributed by atoms with van der Waals surface area (Å²) in [7, 11) is 0. The Bertz CT molecular complexity index is 390. The van der Waals surface area contributed by atoms with Crippen LogP contribution in [0.5, 0.6) is 0 Å². The fourth-order valence-corrected chi connectivity index (χ4v) is 1.92. The number of aliphatic hydroxyl groups excluding tert-OH is 2. The van der Waals surface area contributed by atoms with Crippen LogP contribution in [0.4, 0.5) is 11.5 Å². The number of nitrogens with one attached hydrogen (secondary N) is 1. The van der Waals surface area contributed by atoms with Gasteiger partial charge in [-0.2, -0.15) is 0 Å². The van der Waals surface area contributed by atoms with Crippen molar-refractivity contribution in [3.05, 3.63) is 11.5 Å². The predicted molar refractivity (Wildman–Crippen MR) is 60.1 cm³/mol. The molecule has 1 fully saturated rings. The number of nitrogen functional groups attached to an aromatic ring is 1. The highest BCUT2D eigenvalue weighted by molar-refractivity contribution is 6.32. The SMILES string of the molecule is Nc1c(Cl)ncnc1N[C@@H]1CC[C@@H](O)[C@H]1O. The minimum Gasteiger partial charge on any atom is -0.393 e. The minimum atomic E-state index is -0.812. The van der Waals surface area contributed by atoms with E-state index in [0.29, 0.717) is 18.7 Å². The Morgan fingerprint density at radius 3 is 2.75 bits per heavy atom. The average molecular weight is 245 g/mol. The molecule has 1 aromatic rings. The van der Waals surface area contributed by atoms with E-state index in [0.717, 1.165) is 0 Å². The molecule has 1 aliphatic carbocycles. The molecule has 1 aromatic heterocycles. The van der Waals surface area contributed by atoms with Gasteiger partial charge in [-0.1, -0.05) is 11.6 Å². The summed E-state index contributed by atoms with van der Waals surface area (Å²) in [6, 6.07) is -0.261. The van der Waals surface area contributed by atoms with Crippen molar-refractivity contribution in [2.75, 3.05) is 11.1 Å². The van der Waals surface area contributed by atoms with Crippen molar-refractivity contribution in [2.24, 2.45) is 0 Å². The van der Waals surface area contributed by atoms with Crippen LogP contribution in [0.25, 0.3) is 0 Å². The standard InChI is InChI=1S/C9H13ClN4O2/c10-8-6(11)9(13-3-12-8)14-4-1-2-5(15)7(4)16/h3-5,7,15-16H,1-2,11H2,(H,12,13,14)/t4-,5-,7+/m1/s1. The number of nitrogens with zero attached hydrogens (tertiary/aromatic N) is 2. The van der Waals surface area contributed by atoms with Crippen molar-refractivity contribution < 1.29 is 10.2 Å². The first-order valence-corrected chi connectivity index (χ1v) is 5.36. The highest BCUT2D eigenvalue weighted by atomic mass is 35.5. The second-order valence-corrected chi connectivity index (χ2v) is 4.17. The molecule has 1 aliphatic rings. The van der Waals surface area contributed by atoms with Crippen molar-refractivity contribution in [3.8, 4) is 0 Å². The van der Waals surface area contributed by atoms with E-state index in [1.165, 1.54) is 6.33 Å². The summed E-state index contributed by atoms with van der Waals surface area (Å²) in [5, 5.41) is 22.2. The molecule has 0 spiro atoms. The zero-order chi connectivity index (χ0) is 11.7. The second-order valence-electron chi connectivity index (χ2n) is 3.81. The zero-order valence-corrected chi connectivity index (χ0v) is 9.22. The number of rotatable bonds is 2. The van der Waals surface area contributed by atoms with Crippen LogP contribution in [0, 0.1) is 0 Å². The summed E-state index contributed by atoms with van der Waals surface area (Å²) in [6.45, 7) is 0. The normalized spacial score (nSPS) is 29.3. The maximum absolute atomic E-state index is 9.65. The van der Waals surface area contributed by atoms with E-state index in [1.807, 2.05) is 0 Å². The van der Waals surface area contributed by atoms with Crippen LogP contribution >= 0.6 is 11.6 Å². The fraction of sp³-hybridized carbons (Fsp3) is 0.556. The Kier molecular flexibility index (Phi) is 3.13. The topological polar surface area (TPSA) is 104 Å². The van der Waals surface area contributed by atoms with Crippen LogP contribution in [0.1, 0.15) is 12.8 Å². The fourth-order valence-electron chi connectivity index (χ4n) is 1.78. The minimum absolute atomic E-state index is 0.172. The summed E-state index contributed by atoms with van der Waals surface area (Å²) in [4.78, 5) is 7.66. The third-order valence-corrected chi connectivity index (χ3v) is 3.04. The third kappa shape index (κ3) is 2.04. The van der Waals surface area contributed by atoms with Crippen LogP contribution in [0.15, 0.2) is 6.33 Å². The lowest BCUT2D eigenvalue weighted by atomic mass is 10.2. The van der Waals surface area contributed by atoms with Gasteiger partial charge in [0.2, 0.25) is 0 Å². The van der Waals surface area contributed by atoms with Gasteiger partial charge in [-0.3, -0.25) is 0 Å². The first kappa shape index (κ1) is 11.4. The van der Waals surface area contributed by atoms with Gasteiger partial charge < -0.3 is 21.3 Å². The number of anilines is 2. The van der Waals surface area contributed by atoms with Crippen molar-refractivity contribution in [1.29, 1.82) is 0 Å². The first-order chi connectivity index (χ1) is 7.59. The van der Waals surface area contributed by atoms with Crippen molar-refractivity contribution >= 4 is 23.1 Å². The Labute approximate surface area is 97.5 Å². The molecule has 0 bridgehead atoms. The van der Waals surface area contributed by atoms with E-state index >= 15 is 0 Å². The number of hydrogen-bond donors (Lipinski definition) is 4. The molecule has 0 amide bonds. The predicted octanol–water partition coefficient (Wildman–Crippen LogP) is 0.00830. The van der Waals surface area contributed by atoms with Crippen LogP contribution in [-0.2, 0) is 0 Å². The van der Waals surface area contributed by atoms with Crippen LogP contribution in [0.3, 0.4) is 0 Å². The lowest BCUT2D eigenvalue weighted by Gasteiger charge is -2.19. The van der Waals surface area contributed by atoms with E-state index in [1.54, 1.807) is 0 Å². The van der Waals surface area contributed by atoms with Gasteiger partial charge in [0.05, 0.1) is 18.2 Å². The van der Waals surface area contributed by atoms with Crippen molar-refractivity contribution in [1.82, 2.24) is 9.97 Å². The third-order valence-electron chi connectivity index (χ3n) is 2.74. The number of aliphatic hydroxyl groups is 2. The summed E-state index contributed by atoms with van der Waals surface area (Å²) < 4.78 is 0. The molecule has 0 aliphatic heterocycles. The molecular weight excluding hydrogens is 232 g/mol. The summed E-state index contributed by atoms with van der Waals surface area (Å²) in [5.41, 5.74) is 5.93. The van der Waals surface area contributed by atoms with Crippen LogP contribution in [0.2, 0.25) is 5.15 Å². The molecule has 2 rings (SSSR count). The molecular formula is C9H13ClN4O2. The Balaban J connectivity index is 2.12. The lowest BCUT2D eigenvalue weighted by molar-refractivity contribution is 0.0391. The molecule has 0 aromatic carbocycles. The van der Waals surface area contributed by atoms with Gasteiger partial charge in [-0.15, -0.1) is 0 Å². The van der Waals surface area contributed by atoms with Crippen LogP contribution < -0.4 is 11.1 Å². The van der Waals surface area contributed by atoms with Gasteiger partial charge in [0.1, 0.15) is 12.0 Å². The molecule has 6 nitrogen and oxygen atoms in total. The average Bonchev–Trinajstić information content (AvgIpc) is 2.57. The molecule has 88 valence electrons. The van der Waals surface area contributed by atoms with Gasteiger partial charge in [-0.05, 0) is 12.8 Å². The highest BCUT2D eigenvalue weighted by Crippen LogP contribution is 2.27. The Morgan fingerprint density at radius 1 is 1.38 bits per heavy atom. The summed E-state index contributed by atoms with van der Waals surface area (Å²) >= 11 is 5.74. The quantitative estimate of drug-likeness (QED) is 0.547. The smallest absolute Gasteiger partial charge is 0.157 e. The molecule has 1 heterocycles. The molecule has 0 unspecified atom stereocenters. The number of aromatic nitrogens is 2. The van der Waals surface area contributed by atoms with E-state index in [-0.39, 0.29) is 16.9 Å². The molecule has 3 atom stereocenters. The van der Waals surface area contributed by atoms with E-state index in [2.05, 4.69) is 15.3 Å². The summed E-state index contributed by atoms with van der Waals surface area (Å²) in [5.74, 6) is 0.387. The molecule has 16 heavy (non-hydrogen) atoms. The van der Waals surface area contributed by atoms with Gasteiger partial charge in [0, 0.05) is 0 Å². The van der Waals surface area contributed by atoms with Crippen molar-refractivity contribution in [3.63, 3.8) is 0 Å². The van der Waals surface area contributed by atoms with E-state index < -0.39 is 12.2 Å². The maximum Gasteiger partial charge on any atom is 0.157 e. The van der Waals surface area contributed by atoms with Gasteiger partial charge in [-0.25, -0.2) is 9.97 Å². The van der Waals surface area contributed by atoms with E-state index in [9.17, 15) is 10.2 Å². The molecule has 1 saturated carbocycles. The lowest BCUT2D eigenvalue weighted by Crippen LogP contribution is -2.34. The van der Waals surface area contributed by atoms with Gasteiger partial charge in [0.25, 0.3) is 0 Å². The highest BCUT2D eigenvalue weighted by Gasteiger charge is 2.33. The second kappa shape index (κ2) is 4.40. The first-order valence-electron chi connectivity index (χ1n) is 4.98. The molecule has 7 heteroatoms. The molecule has 5 N–H and O–H groups in total. The molecule has 0 saturated heterocycles. The monoisotopic (exact) mass is 244 g/mol. The van der Waals surface area contributed by atoms with Gasteiger partial charge in [0.15, 0.2) is 11.0 Å². The number of halogens is 1. The summed E-state index contributed by atoms with van der Waals surface area (Å²) in [6.07, 6.45) is 0.990. The number of nitrogens with two attached hydrogens (primary N) is 1. The van der Waals surface area contributed by atoms with Crippen molar-refractivity contribution in [2.45, 2.75) is 31.1 Å². The maximum atomic E-state index is 9.65. The van der Waals surface area contributed by atoms with Gasteiger partial charge >= 0.3 is 0 Å². The molecule has 0 radical (unpaired) electrons.